The van der Waals surface area contributed by atoms with E-state index >= 15 is 0 Å². The summed E-state index contributed by atoms with van der Waals surface area (Å²) in [7, 11) is 0. The van der Waals surface area contributed by atoms with Crippen molar-refractivity contribution in [3.63, 3.8) is 0 Å². The molecule has 1 fully saturated rings. The van der Waals surface area contributed by atoms with E-state index in [0.717, 1.165) is 50.4 Å². The normalized spacial score (nSPS) is 14.4. The van der Waals surface area contributed by atoms with Crippen LogP contribution >= 0.6 is 11.6 Å². The summed E-state index contributed by atoms with van der Waals surface area (Å²) in [6.45, 7) is 4.22. The van der Waals surface area contributed by atoms with Crippen LogP contribution in [-0.2, 0) is 6.42 Å². The quantitative estimate of drug-likeness (QED) is 0.320. The number of benzene rings is 3. The number of hydrogen-bond acceptors (Lipinski definition) is 4. The van der Waals surface area contributed by atoms with Crippen molar-refractivity contribution in [2.45, 2.75) is 25.7 Å². The maximum atomic E-state index is 12.4. The van der Waals surface area contributed by atoms with E-state index in [2.05, 4.69) is 15.5 Å². The van der Waals surface area contributed by atoms with Crippen LogP contribution in [0.2, 0.25) is 5.02 Å². The van der Waals surface area contributed by atoms with Gasteiger partial charge in [-0.15, -0.1) is 0 Å². The van der Waals surface area contributed by atoms with E-state index in [0.29, 0.717) is 22.1 Å². The van der Waals surface area contributed by atoms with E-state index in [1.807, 2.05) is 48.5 Å². The lowest BCUT2D eigenvalue weighted by Crippen LogP contribution is -2.35. The van der Waals surface area contributed by atoms with Crippen LogP contribution in [0.4, 0.5) is 11.4 Å². The summed E-state index contributed by atoms with van der Waals surface area (Å²) in [6.07, 6.45) is 4.52. The molecule has 7 heteroatoms. The largest absolute Gasteiger partial charge is 0.385 e. The van der Waals surface area contributed by atoms with Gasteiger partial charge < -0.3 is 21.3 Å². The first-order valence-corrected chi connectivity index (χ1v) is 12.9. The monoisotopic (exact) mass is 504 g/mol. The molecule has 0 radical (unpaired) electrons. The maximum absolute atomic E-state index is 12.4. The van der Waals surface area contributed by atoms with Crippen LogP contribution in [0.5, 0.6) is 0 Å². The number of carbonyl (C=O) groups is 2. The van der Waals surface area contributed by atoms with Crippen LogP contribution in [0.25, 0.3) is 0 Å². The second kappa shape index (κ2) is 12.6. The van der Waals surface area contributed by atoms with E-state index in [-0.39, 0.29) is 11.8 Å². The summed E-state index contributed by atoms with van der Waals surface area (Å²) in [6, 6.07) is 22.3. The summed E-state index contributed by atoms with van der Waals surface area (Å²) < 4.78 is 0. The first-order chi connectivity index (χ1) is 17.5. The summed E-state index contributed by atoms with van der Waals surface area (Å²) in [5, 5.41) is 6.97. The third-order valence-corrected chi connectivity index (χ3v) is 6.95. The van der Waals surface area contributed by atoms with Gasteiger partial charge in [0.1, 0.15) is 0 Å². The first-order valence-electron chi connectivity index (χ1n) is 12.5. The molecule has 3 aromatic carbocycles. The van der Waals surface area contributed by atoms with Gasteiger partial charge in [-0.25, -0.2) is 0 Å². The van der Waals surface area contributed by atoms with Crippen molar-refractivity contribution in [1.29, 1.82) is 0 Å². The molecule has 1 saturated heterocycles. The Hall–Kier alpha value is -3.35. The molecule has 0 aromatic heterocycles. The Kier molecular flexibility index (Phi) is 8.98. The van der Waals surface area contributed by atoms with Crippen LogP contribution < -0.4 is 16.4 Å². The van der Waals surface area contributed by atoms with Crippen molar-refractivity contribution < 1.29 is 9.59 Å². The van der Waals surface area contributed by atoms with E-state index in [1.165, 1.54) is 18.4 Å². The van der Waals surface area contributed by atoms with Gasteiger partial charge in [-0.2, -0.15) is 0 Å². The second-order valence-corrected chi connectivity index (χ2v) is 9.81. The minimum Gasteiger partial charge on any atom is -0.385 e. The number of likely N-dealkylation sites (tertiary alicyclic amines) is 1. The fraction of sp³-hybridized carbons (Fsp3) is 0.310. The molecule has 0 spiro atoms. The maximum Gasteiger partial charge on any atom is 0.255 e. The molecule has 1 heterocycles. The lowest BCUT2D eigenvalue weighted by Gasteiger charge is -2.32. The van der Waals surface area contributed by atoms with Crippen LogP contribution in [0.15, 0.2) is 72.8 Å². The molecule has 3 aromatic rings. The minimum absolute atomic E-state index is 0.144. The summed E-state index contributed by atoms with van der Waals surface area (Å²) in [5.41, 5.74) is 9.51. The van der Waals surface area contributed by atoms with Gasteiger partial charge in [-0.1, -0.05) is 23.7 Å². The minimum atomic E-state index is -0.376. The highest BCUT2D eigenvalue weighted by Gasteiger charge is 2.19. The van der Waals surface area contributed by atoms with Gasteiger partial charge in [0.25, 0.3) is 5.91 Å². The Balaban J connectivity index is 1.12. The highest BCUT2D eigenvalue weighted by Crippen LogP contribution is 2.22. The summed E-state index contributed by atoms with van der Waals surface area (Å²) >= 11 is 5.89. The van der Waals surface area contributed by atoms with Crippen molar-refractivity contribution in [2.24, 2.45) is 11.7 Å². The van der Waals surface area contributed by atoms with Crippen LogP contribution in [-0.4, -0.2) is 42.9 Å². The van der Waals surface area contributed by atoms with E-state index in [1.54, 1.807) is 24.3 Å². The average Bonchev–Trinajstić information content (AvgIpc) is 2.89. The van der Waals surface area contributed by atoms with Crippen molar-refractivity contribution in [3.05, 3.63) is 94.5 Å². The predicted octanol–water partition coefficient (Wildman–Crippen LogP) is 5.45. The zero-order chi connectivity index (χ0) is 25.3. The number of hydrogen-bond donors (Lipinski definition) is 3. The van der Waals surface area contributed by atoms with Crippen LogP contribution in [0, 0.1) is 5.92 Å². The van der Waals surface area contributed by atoms with Gasteiger partial charge in [-0.3, -0.25) is 9.59 Å². The van der Waals surface area contributed by atoms with Crippen LogP contribution in [0.1, 0.15) is 45.5 Å². The van der Waals surface area contributed by atoms with E-state index in [9.17, 15) is 9.59 Å². The fourth-order valence-electron chi connectivity index (χ4n) is 4.56. The average molecular weight is 505 g/mol. The molecule has 0 saturated carbocycles. The zero-order valence-corrected chi connectivity index (χ0v) is 21.1. The molecular formula is C29H33ClN4O2. The van der Waals surface area contributed by atoms with Gasteiger partial charge in [0.05, 0.1) is 0 Å². The number of anilines is 2. The predicted molar refractivity (Wildman–Crippen MR) is 147 cm³/mol. The number of piperidine rings is 1. The van der Waals surface area contributed by atoms with Gasteiger partial charge in [0, 0.05) is 34.1 Å². The molecule has 0 aliphatic carbocycles. The molecule has 4 rings (SSSR count). The number of rotatable bonds is 10. The highest BCUT2D eigenvalue weighted by molar-refractivity contribution is 6.30. The molecule has 0 unspecified atom stereocenters. The lowest BCUT2D eigenvalue weighted by molar-refractivity contribution is 0.0997. The zero-order valence-electron chi connectivity index (χ0n) is 20.4. The highest BCUT2D eigenvalue weighted by atomic mass is 35.5. The number of nitrogens with zero attached hydrogens (tertiary/aromatic N) is 1. The Labute approximate surface area is 217 Å². The Bertz CT molecular complexity index is 1140. The number of carbonyl (C=O) groups excluding carboxylic acids is 2. The molecule has 0 atom stereocenters. The van der Waals surface area contributed by atoms with Crippen molar-refractivity contribution in [3.8, 4) is 0 Å². The van der Waals surface area contributed by atoms with E-state index in [4.69, 9.17) is 17.3 Å². The number of primary amides is 1. The first kappa shape index (κ1) is 25.7. The standard InChI is InChI=1S/C29H33ClN4O2/c30-25-8-12-27(13-9-25)33-29(36)24-6-10-26(11-7-24)32-16-1-17-34-18-14-22(15-19-34)20-21-2-4-23(5-3-21)28(31)35/h2-13,22,32H,1,14-20H2,(H2,31,35)(H,33,36). The number of halogens is 1. The number of amides is 2. The molecule has 6 nitrogen and oxygen atoms in total. The fourth-order valence-corrected chi connectivity index (χ4v) is 4.69. The Morgan fingerprint density at radius 1 is 0.861 bits per heavy atom. The Morgan fingerprint density at radius 3 is 2.11 bits per heavy atom. The summed E-state index contributed by atoms with van der Waals surface area (Å²) in [4.78, 5) is 26.2. The topological polar surface area (TPSA) is 87.5 Å². The molecule has 4 N–H and O–H groups in total. The molecule has 0 bridgehead atoms. The summed E-state index contributed by atoms with van der Waals surface area (Å²) in [5.74, 6) is 0.170. The number of nitrogens with one attached hydrogen (secondary N) is 2. The van der Waals surface area contributed by atoms with E-state index < -0.39 is 0 Å². The van der Waals surface area contributed by atoms with Crippen molar-refractivity contribution >= 4 is 34.8 Å². The molecular weight excluding hydrogens is 472 g/mol. The Morgan fingerprint density at radius 2 is 1.47 bits per heavy atom. The van der Waals surface area contributed by atoms with Crippen LogP contribution in [0.3, 0.4) is 0 Å². The van der Waals surface area contributed by atoms with Crippen molar-refractivity contribution in [2.75, 3.05) is 36.8 Å². The van der Waals surface area contributed by atoms with Gasteiger partial charge >= 0.3 is 0 Å². The van der Waals surface area contributed by atoms with Crippen molar-refractivity contribution in [1.82, 2.24) is 4.90 Å². The molecule has 2 amide bonds. The van der Waals surface area contributed by atoms with Gasteiger partial charge in [0.15, 0.2) is 0 Å². The SMILES string of the molecule is NC(=O)c1ccc(CC2CCN(CCCNc3ccc(C(=O)Nc4ccc(Cl)cc4)cc3)CC2)cc1. The number of nitrogens with two attached hydrogens (primary N) is 1. The second-order valence-electron chi connectivity index (χ2n) is 9.37. The molecule has 1 aliphatic rings. The van der Waals surface area contributed by atoms with Gasteiger partial charge in [-0.05, 0) is 117 Å². The van der Waals surface area contributed by atoms with Gasteiger partial charge in [0.2, 0.25) is 5.91 Å². The molecule has 36 heavy (non-hydrogen) atoms. The molecule has 1 aliphatic heterocycles. The third-order valence-electron chi connectivity index (χ3n) is 6.70. The lowest BCUT2D eigenvalue weighted by atomic mass is 9.90. The molecule has 188 valence electrons. The smallest absolute Gasteiger partial charge is 0.255 e. The third kappa shape index (κ3) is 7.57.